The number of nitrogens with zero attached hydrogens (tertiary/aromatic N) is 2. The van der Waals surface area contributed by atoms with E-state index >= 15 is 0 Å². The molecule has 0 aliphatic heterocycles. The number of benzene rings is 1. The maximum absolute atomic E-state index is 13.5. The molecule has 0 saturated heterocycles. The molecule has 0 unspecified atom stereocenters. The second-order valence-electron chi connectivity index (χ2n) is 4.21. The summed E-state index contributed by atoms with van der Waals surface area (Å²) in [6, 6.07) is 3.05. The van der Waals surface area contributed by atoms with Crippen LogP contribution in [-0.4, -0.2) is 9.97 Å². The van der Waals surface area contributed by atoms with E-state index in [9.17, 15) is 8.78 Å². The van der Waals surface area contributed by atoms with Crippen molar-refractivity contribution < 1.29 is 13.5 Å². The fourth-order valence-corrected chi connectivity index (χ4v) is 1.93. The van der Waals surface area contributed by atoms with Crippen LogP contribution in [0.1, 0.15) is 25.3 Å². The molecule has 0 N–H and O–H groups in total. The van der Waals surface area contributed by atoms with Crippen LogP contribution in [0.15, 0.2) is 24.5 Å². The molecule has 0 atom stereocenters. The minimum absolute atomic E-state index is 0.00668. The third-order valence-corrected chi connectivity index (χ3v) is 2.78. The van der Waals surface area contributed by atoms with E-state index in [1.165, 1.54) is 12.4 Å². The molecule has 0 radical (unpaired) electrons. The molecule has 2 aromatic rings. The highest BCUT2D eigenvalue weighted by Crippen LogP contribution is 2.33. The molecule has 1 aromatic heterocycles. The summed E-state index contributed by atoms with van der Waals surface area (Å²) in [6.45, 7) is 3.77. The van der Waals surface area contributed by atoms with E-state index in [2.05, 4.69) is 9.97 Å². The molecule has 1 aromatic carbocycles. The zero-order valence-electron chi connectivity index (χ0n) is 10.3. The molecule has 1 heterocycles. The number of hydrogen-bond donors (Lipinski definition) is 0. The van der Waals surface area contributed by atoms with Crippen molar-refractivity contribution in [3.63, 3.8) is 0 Å². The molecular formula is C13H11ClF2N2O. The summed E-state index contributed by atoms with van der Waals surface area (Å²) in [5, 5.41) is 0.252. The fraction of sp³-hybridized carbons (Fsp3) is 0.231. The first-order valence-corrected chi connectivity index (χ1v) is 6.00. The predicted octanol–water partition coefficient (Wildman–Crippen LogP) is 4.32. The molecule has 0 spiro atoms. The Labute approximate surface area is 114 Å². The van der Waals surface area contributed by atoms with Crippen LogP contribution in [-0.2, 0) is 0 Å². The van der Waals surface area contributed by atoms with Gasteiger partial charge in [-0.05, 0) is 18.1 Å². The van der Waals surface area contributed by atoms with Gasteiger partial charge in [0.05, 0.1) is 5.56 Å². The third-order valence-electron chi connectivity index (χ3n) is 2.48. The van der Waals surface area contributed by atoms with Crippen molar-refractivity contribution in [1.82, 2.24) is 9.97 Å². The first kappa shape index (κ1) is 13.7. The first-order valence-electron chi connectivity index (χ1n) is 5.62. The van der Waals surface area contributed by atoms with Gasteiger partial charge in [-0.15, -0.1) is 0 Å². The van der Waals surface area contributed by atoms with E-state index in [1.807, 2.05) is 13.8 Å². The van der Waals surface area contributed by atoms with Gasteiger partial charge in [0, 0.05) is 6.07 Å². The lowest BCUT2D eigenvalue weighted by Gasteiger charge is -2.13. The molecule has 19 heavy (non-hydrogen) atoms. The molecule has 0 fully saturated rings. The minimum Gasteiger partial charge on any atom is -0.435 e. The second kappa shape index (κ2) is 5.48. The van der Waals surface area contributed by atoms with Crippen LogP contribution in [0.3, 0.4) is 0 Å². The smallest absolute Gasteiger partial charge is 0.227 e. The second-order valence-corrected chi connectivity index (χ2v) is 4.57. The Bertz CT molecular complexity index is 605. The summed E-state index contributed by atoms with van der Waals surface area (Å²) in [5.74, 6) is -1.41. The van der Waals surface area contributed by atoms with Crippen LogP contribution in [0, 0.1) is 11.6 Å². The van der Waals surface area contributed by atoms with Gasteiger partial charge in [0.2, 0.25) is 5.88 Å². The normalized spacial score (nSPS) is 10.8. The van der Waals surface area contributed by atoms with Gasteiger partial charge in [0.15, 0.2) is 11.6 Å². The average Bonchev–Trinajstić information content (AvgIpc) is 2.32. The molecule has 0 bridgehead atoms. The SMILES string of the molecule is CC(C)c1c(Cl)ncnc1Oc1ccc(F)cc1F. The van der Waals surface area contributed by atoms with E-state index < -0.39 is 11.6 Å². The van der Waals surface area contributed by atoms with Gasteiger partial charge in [-0.3, -0.25) is 0 Å². The summed E-state index contributed by atoms with van der Waals surface area (Å²) in [5.41, 5.74) is 0.577. The zero-order chi connectivity index (χ0) is 14.0. The maximum atomic E-state index is 13.5. The highest BCUT2D eigenvalue weighted by molar-refractivity contribution is 6.30. The van der Waals surface area contributed by atoms with Crippen molar-refractivity contribution in [3.8, 4) is 11.6 Å². The van der Waals surface area contributed by atoms with E-state index in [4.69, 9.17) is 16.3 Å². The van der Waals surface area contributed by atoms with Crippen LogP contribution < -0.4 is 4.74 Å². The van der Waals surface area contributed by atoms with Gasteiger partial charge in [-0.25, -0.2) is 18.7 Å². The number of aromatic nitrogens is 2. The monoisotopic (exact) mass is 284 g/mol. The van der Waals surface area contributed by atoms with Crippen molar-refractivity contribution in [1.29, 1.82) is 0 Å². The highest BCUT2D eigenvalue weighted by atomic mass is 35.5. The van der Waals surface area contributed by atoms with Crippen molar-refractivity contribution in [2.24, 2.45) is 0 Å². The van der Waals surface area contributed by atoms with E-state index in [-0.39, 0.29) is 22.7 Å². The highest BCUT2D eigenvalue weighted by Gasteiger charge is 2.17. The molecule has 0 saturated carbocycles. The summed E-state index contributed by atoms with van der Waals surface area (Å²) >= 11 is 5.97. The fourth-order valence-electron chi connectivity index (χ4n) is 1.59. The van der Waals surface area contributed by atoms with Crippen LogP contribution in [0.2, 0.25) is 5.15 Å². The van der Waals surface area contributed by atoms with Crippen LogP contribution >= 0.6 is 11.6 Å². The lowest BCUT2D eigenvalue weighted by Crippen LogP contribution is -2.00. The Morgan fingerprint density at radius 1 is 1.21 bits per heavy atom. The molecular weight excluding hydrogens is 274 g/mol. The number of hydrogen-bond acceptors (Lipinski definition) is 3. The Morgan fingerprint density at radius 2 is 1.95 bits per heavy atom. The van der Waals surface area contributed by atoms with Crippen LogP contribution in [0.25, 0.3) is 0 Å². The molecule has 2 rings (SSSR count). The Kier molecular flexibility index (Phi) is 3.95. The zero-order valence-corrected chi connectivity index (χ0v) is 11.1. The molecule has 6 heteroatoms. The molecule has 3 nitrogen and oxygen atoms in total. The van der Waals surface area contributed by atoms with Gasteiger partial charge < -0.3 is 4.74 Å². The van der Waals surface area contributed by atoms with Crippen molar-refractivity contribution in [2.75, 3.05) is 0 Å². The van der Waals surface area contributed by atoms with Gasteiger partial charge in [-0.1, -0.05) is 25.4 Å². The standard InChI is InChI=1S/C13H11ClF2N2O/c1-7(2)11-12(14)17-6-18-13(11)19-10-4-3-8(15)5-9(10)16/h3-7H,1-2H3. The number of ether oxygens (including phenoxy) is 1. The van der Waals surface area contributed by atoms with Crippen LogP contribution in [0.4, 0.5) is 8.78 Å². The van der Waals surface area contributed by atoms with Gasteiger partial charge in [0.25, 0.3) is 0 Å². The summed E-state index contributed by atoms with van der Waals surface area (Å²) in [7, 11) is 0. The van der Waals surface area contributed by atoms with E-state index in [1.54, 1.807) is 0 Å². The van der Waals surface area contributed by atoms with E-state index in [0.29, 0.717) is 5.56 Å². The molecule has 100 valence electrons. The van der Waals surface area contributed by atoms with Gasteiger partial charge in [0.1, 0.15) is 17.3 Å². The van der Waals surface area contributed by atoms with Crippen LogP contribution in [0.5, 0.6) is 11.6 Å². The maximum Gasteiger partial charge on any atom is 0.227 e. The van der Waals surface area contributed by atoms with Crippen molar-refractivity contribution >= 4 is 11.6 Å². The van der Waals surface area contributed by atoms with Gasteiger partial charge in [-0.2, -0.15) is 0 Å². The minimum atomic E-state index is -0.801. The number of rotatable bonds is 3. The molecule has 0 amide bonds. The summed E-state index contributed by atoms with van der Waals surface area (Å²) in [6.07, 6.45) is 1.23. The van der Waals surface area contributed by atoms with E-state index in [0.717, 1.165) is 12.1 Å². The van der Waals surface area contributed by atoms with Gasteiger partial charge >= 0.3 is 0 Å². The summed E-state index contributed by atoms with van der Waals surface area (Å²) < 4.78 is 31.7. The van der Waals surface area contributed by atoms with Crippen molar-refractivity contribution in [3.05, 3.63) is 46.9 Å². The average molecular weight is 285 g/mol. The largest absolute Gasteiger partial charge is 0.435 e. The molecule has 0 aliphatic rings. The lowest BCUT2D eigenvalue weighted by atomic mass is 10.1. The summed E-state index contributed by atoms with van der Waals surface area (Å²) in [4.78, 5) is 7.80. The predicted molar refractivity (Wildman–Crippen MR) is 67.6 cm³/mol. The number of halogens is 3. The Morgan fingerprint density at radius 3 is 2.58 bits per heavy atom. The molecule has 0 aliphatic carbocycles. The quantitative estimate of drug-likeness (QED) is 0.787. The lowest BCUT2D eigenvalue weighted by molar-refractivity contribution is 0.415. The third kappa shape index (κ3) is 2.98. The first-order chi connectivity index (χ1) is 8.99. The topological polar surface area (TPSA) is 35.0 Å². The Balaban J connectivity index is 2.41. The van der Waals surface area contributed by atoms with Crippen molar-refractivity contribution in [2.45, 2.75) is 19.8 Å². The Hall–Kier alpha value is -1.75.